The quantitative estimate of drug-likeness (QED) is 0.668. The van der Waals surface area contributed by atoms with E-state index in [1.165, 1.54) is 5.56 Å². The fourth-order valence-corrected chi connectivity index (χ4v) is 7.19. The third kappa shape index (κ3) is 3.57. The van der Waals surface area contributed by atoms with E-state index in [-0.39, 0.29) is 41.9 Å². The van der Waals surface area contributed by atoms with E-state index >= 15 is 0 Å². The van der Waals surface area contributed by atoms with Crippen LogP contribution in [0.2, 0.25) is 0 Å². The number of carbonyl (C=O) groups is 1. The number of aliphatic hydroxyl groups excluding tert-OH is 1. The average Bonchev–Trinajstić information content (AvgIpc) is 3.31. The summed E-state index contributed by atoms with van der Waals surface area (Å²) >= 11 is 0. The molecule has 176 valence electrons. The molecule has 1 amide bonds. The summed E-state index contributed by atoms with van der Waals surface area (Å²) in [5, 5.41) is 12.6. The van der Waals surface area contributed by atoms with E-state index in [1.807, 2.05) is 18.2 Å². The maximum absolute atomic E-state index is 12.5. The molecule has 0 unspecified atom stereocenters. The number of fused-ring (bicyclic) bond motifs is 1. The van der Waals surface area contributed by atoms with Gasteiger partial charge in [0.15, 0.2) is 0 Å². The molecule has 3 aliphatic rings. The Labute approximate surface area is 196 Å². The van der Waals surface area contributed by atoms with Gasteiger partial charge < -0.3 is 19.9 Å². The van der Waals surface area contributed by atoms with Gasteiger partial charge in [0, 0.05) is 24.6 Å². The third-order valence-electron chi connectivity index (χ3n) is 8.81. The van der Waals surface area contributed by atoms with E-state index in [0.717, 1.165) is 36.1 Å². The molecule has 2 aromatic rings. The number of carbonyl (C=O) groups excluding carboxylic acids is 1. The number of hydrogen-bond acceptors (Lipinski definition) is 4. The van der Waals surface area contributed by atoms with Crippen LogP contribution in [-0.4, -0.2) is 37.4 Å². The zero-order valence-corrected chi connectivity index (χ0v) is 19.8. The molecule has 1 aliphatic heterocycles. The van der Waals surface area contributed by atoms with Gasteiger partial charge in [0.25, 0.3) is 0 Å². The van der Waals surface area contributed by atoms with Crippen molar-refractivity contribution in [1.29, 1.82) is 0 Å². The highest BCUT2D eigenvalue weighted by atomic mass is 16.5. The zero-order chi connectivity index (χ0) is 23.2. The van der Waals surface area contributed by atoms with Crippen molar-refractivity contribution in [3.8, 4) is 16.9 Å². The zero-order valence-electron chi connectivity index (χ0n) is 19.8. The molecule has 5 rings (SSSR count). The van der Waals surface area contributed by atoms with Gasteiger partial charge in [-0.15, -0.1) is 0 Å². The Bertz CT molecular complexity index is 1020. The van der Waals surface area contributed by atoms with Crippen molar-refractivity contribution >= 4 is 5.91 Å². The molecule has 0 radical (unpaired) electrons. The van der Waals surface area contributed by atoms with Gasteiger partial charge in [-0.25, -0.2) is 0 Å². The molecule has 1 spiro atoms. The Kier molecular flexibility index (Phi) is 5.74. The van der Waals surface area contributed by atoms with Crippen LogP contribution >= 0.6 is 0 Å². The van der Waals surface area contributed by atoms with E-state index in [0.29, 0.717) is 18.4 Å². The SMILES string of the molecule is COc1ccccc1-c1ccc([C@H]2OCC[C@@]34C[C@@H](C[C@H]23)C(C)(C)[C@@H]4NC(=O)CCO)cc1. The molecule has 5 nitrogen and oxygen atoms in total. The average molecular weight is 450 g/mol. The first kappa shape index (κ1) is 22.4. The molecule has 2 saturated carbocycles. The Morgan fingerprint density at radius 1 is 1.18 bits per heavy atom. The highest BCUT2D eigenvalue weighted by Crippen LogP contribution is 2.70. The summed E-state index contributed by atoms with van der Waals surface area (Å²) < 4.78 is 11.9. The number of nitrogens with one attached hydrogen (secondary N) is 1. The van der Waals surface area contributed by atoms with Crippen LogP contribution in [0.3, 0.4) is 0 Å². The van der Waals surface area contributed by atoms with Crippen molar-refractivity contribution in [1.82, 2.24) is 5.32 Å². The normalized spacial score (nSPS) is 31.8. The van der Waals surface area contributed by atoms with Gasteiger partial charge in [-0.1, -0.05) is 56.3 Å². The molecular formula is C28H35NO4. The van der Waals surface area contributed by atoms with E-state index < -0.39 is 0 Å². The number of amides is 1. The molecule has 2 aromatic carbocycles. The second-order valence-corrected chi connectivity index (χ2v) is 10.6. The van der Waals surface area contributed by atoms with Crippen molar-refractivity contribution in [2.24, 2.45) is 22.7 Å². The smallest absolute Gasteiger partial charge is 0.222 e. The maximum Gasteiger partial charge on any atom is 0.222 e. The summed E-state index contributed by atoms with van der Waals surface area (Å²) in [6.45, 7) is 5.21. The summed E-state index contributed by atoms with van der Waals surface area (Å²) in [6.07, 6.45) is 3.48. The van der Waals surface area contributed by atoms with Gasteiger partial charge in [-0.2, -0.15) is 0 Å². The predicted molar refractivity (Wildman–Crippen MR) is 128 cm³/mol. The van der Waals surface area contributed by atoms with Gasteiger partial charge >= 0.3 is 0 Å². The van der Waals surface area contributed by atoms with Crippen LogP contribution in [0, 0.1) is 22.7 Å². The second-order valence-electron chi connectivity index (χ2n) is 10.6. The third-order valence-corrected chi connectivity index (χ3v) is 8.81. The number of aliphatic hydroxyl groups is 1. The number of ether oxygens (including phenoxy) is 2. The number of hydrogen-bond donors (Lipinski definition) is 2. The molecule has 5 heteroatoms. The fraction of sp³-hybridized carbons (Fsp3) is 0.536. The van der Waals surface area contributed by atoms with E-state index in [4.69, 9.17) is 9.47 Å². The molecule has 3 fully saturated rings. The first-order chi connectivity index (χ1) is 15.9. The number of rotatable bonds is 6. The first-order valence-electron chi connectivity index (χ1n) is 12.2. The molecule has 2 aliphatic carbocycles. The number of para-hydroxylation sites is 1. The molecule has 5 atom stereocenters. The first-order valence-corrected chi connectivity index (χ1v) is 12.2. The molecule has 2 bridgehead atoms. The van der Waals surface area contributed by atoms with E-state index in [2.05, 4.69) is 49.5 Å². The van der Waals surface area contributed by atoms with Gasteiger partial charge in [0.05, 0.1) is 19.8 Å². The Hall–Kier alpha value is -2.37. The minimum Gasteiger partial charge on any atom is -0.496 e. The summed E-state index contributed by atoms with van der Waals surface area (Å²) in [7, 11) is 1.70. The van der Waals surface area contributed by atoms with E-state index in [1.54, 1.807) is 7.11 Å². The predicted octanol–water partition coefficient (Wildman–Crippen LogP) is 4.74. The van der Waals surface area contributed by atoms with Crippen LogP contribution in [0.4, 0.5) is 0 Å². The van der Waals surface area contributed by atoms with Crippen molar-refractivity contribution in [2.45, 2.75) is 51.7 Å². The van der Waals surface area contributed by atoms with Gasteiger partial charge in [-0.3, -0.25) is 4.79 Å². The minimum atomic E-state index is -0.108. The largest absolute Gasteiger partial charge is 0.496 e. The molecule has 0 aromatic heterocycles. The summed E-state index contributed by atoms with van der Waals surface area (Å²) in [6, 6.07) is 16.9. The lowest BCUT2D eigenvalue weighted by molar-refractivity contribution is -0.137. The number of methoxy groups -OCH3 is 1. The Morgan fingerprint density at radius 3 is 2.67 bits per heavy atom. The molecule has 33 heavy (non-hydrogen) atoms. The standard InChI is InChI=1S/C28H35NO4/c1-27(2)20-16-22-25(33-15-13-28(22,17-20)26(27)29-24(31)12-14-30)19-10-8-18(9-11-19)21-6-4-5-7-23(21)32-3/h4-11,20,22,25-26,30H,12-17H2,1-3H3,(H,29,31)/t20-,22-,25-,26+,28-/m1/s1. The Balaban J connectivity index is 1.43. The van der Waals surface area contributed by atoms with E-state index in [9.17, 15) is 9.90 Å². The number of benzene rings is 2. The van der Waals surface area contributed by atoms with Gasteiger partial charge in [0.2, 0.25) is 5.91 Å². The molecular weight excluding hydrogens is 414 g/mol. The van der Waals surface area contributed by atoms with Crippen molar-refractivity contribution in [3.63, 3.8) is 0 Å². The van der Waals surface area contributed by atoms with Crippen LogP contribution in [0.15, 0.2) is 48.5 Å². The molecule has 1 saturated heterocycles. The van der Waals surface area contributed by atoms with Crippen molar-refractivity contribution < 1.29 is 19.4 Å². The van der Waals surface area contributed by atoms with Crippen molar-refractivity contribution in [3.05, 3.63) is 54.1 Å². The minimum absolute atomic E-state index is 0.0412. The topological polar surface area (TPSA) is 67.8 Å². The lowest BCUT2D eigenvalue weighted by Gasteiger charge is -2.53. The second kappa shape index (κ2) is 8.44. The highest BCUT2D eigenvalue weighted by Gasteiger charge is 2.68. The molecule has 2 N–H and O–H groups in total. The van der Waals surface area contributed by atoms with Gasteiger partial charge in [0.1, 0.15) is 5.75 Å². The van der Waals surface area contributed by atoms with Crippen LogP contribution in [0.5, 0.6) is 5.75 Å². The van der Waals surface area contributed by atoms with Crippen LogP contribution < -0.4 is 10.1 Å². The van der Waals surface area contributed by atoms with Crippen LogP contribution in [-0.2, 0) is 9.53 Å². The fourth-order valence-electron chi connectivity index (χ4n) is 7.19. The molecule has 1 heterocycles. The summed E-state index contributed by atoms with van der Waals surface area (Å²) in [5.41, 5.74) is 3.54. The maximum atomic E-state index is 12.5. The van der Waals surface area contributed by atoms with Gasteiger partial charge in [-0.05, 0) is 59.1 Å². The van der Waals surface area contributed by atoms with Crippen LogP contribution in [0.25, 0.3) is 11.1 Å². The lowest BCUT2D eigenvalue weighted by Crippen LogP contribution is -2.59. The summed E-state index contributed by atoms with van der Waals surface area (Å²) in [5.74, 6) is 1.79. The van der Waals surface area contributed by atoms with Crippen molar-refractivity contribution in [2.75, 3.05) is 20.3 Å². The lowest BCUT2D eigenvalue weighted by atomic mass is 9.59. The van der Waals surface area contributed by atoms with Crippen LogP contribution in [0.1, 0.15) is 51.2 Å². The summed E-state index contributed by atoms with van der Waals surface area (Å²) in [4.78, 5) is 12.5. The monoisotopic (exact) mass is 449 g/mol. The highest BCUT2D eigenvalue weighted by molar-refractivity contribution is 5.76. The Morgan fingerprint density at radius 2 is 1.94 bits per heavy atom.